The summed E-state index contributed by atoms with van der Waals surface area (Å²) in [5.74, 6) is -0.183. The number of carbonyl (C=O) groups is 2. The maximum absolute atomic E-state index is 16.1. The van der Waals surface area contributed by atoms with E-state index in [1.807, 2.05) is 80.6 Å². The lowest BCUT2D eigenvalue weighted by atomic mass is 9.82. The molecule has 1 unspecified atom stereocenters. The van der Waals surface area contributed by atoms with E-state index in [-0.39, 0.29) is 31.4 Å². The Labute approximate surface area is 289 Å². The Kier molecular flexibility index (Phi) is 10.3. The van der Waals surface area contributed by atoms with E-state index in [1.165, 1.54) is 0 Å². The van der Waals surface area contributed by atoms with Crippen LogP contribution in [0.2, 0.25) is 18.6 Å². The van der Waals surface area contributed by atoms with E-state index >= 15 is 4.11 Å². The molecule has 3 aromatic carbocycles. The number of rotatable bonds is 13. The van der Waals surface area contributed by atoms with E-state index < -0.39 is 37.6 Å². The van der Waals surface area contributed by atoms with E-state index in [1.54, 1.807) is 22.9 Å². The van der Waals surface area contributed by atoms with Crippen molar-refractivity contribution in [1.82, 2.24) is 5.32 Å². The van der Waals surface area contributed by atoms with Crippen LogP contribution in [0.1, 0.15) is 49.8 Å². The van der Waals surface area contributed by atoms with Gasteiger partial charge in [0.2, 0.25) is 14.3 Å². The molecule has 11 heteroatoms. The van der Waals surface area contributed by atoms with Crippen LogP contribution in [0.5, 0.6) is 5.75 Å². The average molecular weight is 690 g/mol. The Morgan fingerprint density at radius 3 is 2.47 bits per heavy atom. The molecule has 1 spiro atoms. The van der Waals surface area contributed by atoms with Crippen molar-refractivity contribution in [3.8, 4) is 5.75 Å². The summed E-state index contributed by atoms with van der Waals surface area (Å²) >= 11 is 0. The second-order valence-corrected chi connectivity index (χ2v) is 17.7. The van der Waals surface area contributed by atoms with Gasteiger partial charge in [-0.05, 0) is 99.8 Å². The van der Waals surface area contributed by atoms with Gasteiger partial charge in [-0.25, -0.2) is 0 Å². The number of ether oxygens (including phenoxy) is 2. The maximum Gasteiger partial charge on any atom is 0.264 e. The van der Waals surface area contributed by atoms with E-state index in [9.17, 15) is 19.8 Å². The molecule has 3 aliphatic heterocycles. The van der Waals surface area contributed by atoms with Gasteiger partial charge in [-0.15, -0.1) is 0 Å². The molecule has 2 amide bonds. The van der Waals surface area contributed by atoms with E-state index in [4.69, 9.17) is 9.47 Å². The van der Waals surface area contributed by atoms with Crippen molar-refractivity contribution in [2.75, 3.05) is 36.2 Å². The highest BCUT2D eigenvalue weighted by atomic mass is 28.4. The Balaban J connectivity index is 1.48. The fourth-order valence-corrected chi connectivity index (χ4v) is 10.8. The average Bonchev–Trinajstić information content (AvgIpc) is 3.50. The molecule has 1 fully saturated rings. The zero-order chi connectivity index (χ0) is 34.9. The van der Waals surface area contributed by atoms with Gasteiger partial charge in [0.1, 0.15) is 5.75 Å². The molecule has 0 bridgehead atoms. The first-order valence-electron chi connectivity index (χ1n) is 17.5. The van der Waals surface area contributed by atoms with Crippen LogP contribution in [0.4, 0.5) is 21.2 Å². The van der Waals surface area contributed by atoms with Crippen molar-refractivity contribution in [3.05, 3.63) is 83.4 Å². The molecule has 0 aromatic heterocycles. The fraction of sp³-hybridized carbons (Fsp3) is 0.474. The molecule has 3 aromatic rings. The summed E-state index contributed by atoms with van der Waals surface area (Å²) in [6, 6.07) is 20.6. The zero-order valence-corrected chi connectivity index (χ0v) is 29.8. The van der Waals surface area contributed by atoms with Gasteiger partial charge in [-0.3, -0.25) is 14.5 Å². The predicted octanol–water partition coefficient (Wildman–Crippen LogP) is 5.74. The number of fused-ring (bicyclic) bond motifs is 3. The summed E-state index contributed by atoms with van der Waals surface area (Å²) in [6.45, 7) is 8.42. The highest BCUT2D eigenvalue weighted by Crippen LogP contribution is 2.61. The van der Waals surface area contributed by atoms with Gasteiger partial charge in [-0.2, -0.15) is 0 Å². The van der Waals surface area contributed by atoms with Crippen molar-refractivity contribution in [2.45, 2.75) is 82.5 Å². The molecule has 0 radical (unpaired) electrons. The van der Waals surface area contributed by atoms with Crippen molar-refractivity contribution < 1.29 is 33.4 Å². The summed E-state index contributed by atoms with van der Waals surface area (Å²) < 4.78 is 28.7. The normalized spacial score (nSPS) is 24.9. The number of hydrogen-bond donors (Lipinski definition) is 3. The number of nitrogens with one attached hydrogen (secondary N) is 1. The first kappa shape index (κ1) is 35.2. The number of amides is 2. The van der Waals surface area contributed by atoms with Crippen LogP contribution in [0.25, 0.3) is 0 Å². The number of nitrogens with zero attached hydrogens (tertiary/aromatic N) is 2. The van der Waals surface area contributed by atoms with E-state index in [0.29, 0.717) is 49.5 Å². The summed E-state index contributed by atoms with van der Waals surface area (Å²) in [5, 5.41) is 22.7. The molecule has 5 atom stereocenters. The van der Waals surface area contributed by atoms with Crippen molar-refractivity contribution in [3.63, 3.8) is 0 Å². The van der Waals surface area contributed by atoms with Gasteiger partial charge in [0.05, 0.1) is 36.7 Å². The molecule has 9 nitrogen and oxygen atoms in total. The minimum Gasteiger partial charge on any atom is -0.494 e. The lowest BCUT2D eigenvalue weighted by Crippen LogP contribution is -2.49. The lowest BCUT2D eigenvalue weighted by Gasteiger charge is -2.36. The lowest BCUT2D eigenvalue weighted by molar-refractivity contribution is -0.146. The molecule has 3 aliphatic rings. The smallest absolute Gasteiger partial charge is 0.264 e. The van der Waals surface area contributed by atoms with Crippen LogP contribution in [0, 0.1) is 5.92 Å². The monoisotopic (exact) mass is 689 g/mol. The van der Waals surface area contributed by atoms with Crippen molar-refractivity contribution in [2.24, 2.45) is 5.92 Å². The third-order valence-corrected chi connectivity index (χ3v) is 12.8. The summed E-state index contributed by atoms with van der Waals surface area (Å²) in [7, 11) is -3.38. The van der Waals surface area contributed by atoms with Crippen LogP contribution in [0.15, 0.2) is 66.7 Å². The van der Waals surface area contributed by atoms with Gasteiger partial charge >= 0.3 is 0 Å². The molecule has 0 aliphatic carbocycles. The number of aliphatic hydroxyl groups excluding tert-OH is 2. The number of carbonyl (C=O) groups excluding carboxylic acids is 2. The molecule has 1 saturated heterocycles. The van der Waals surface area contributed by atoms with Crippen molar-refractivity contribution >= 4 is 37.3 Å². The molecular weight excluding hydrogens is 642 g/mol. The molecule has 49 heavy (non-hydrogen) atoms. The van der Waals surface area contributed by atoms with E-state index in [0.717, 1.165) is 29.0 Å². The third-order valence-electron chi connectivity index (χ3n) is 10.3. The highest BCUT2D eigenvalue weighted by Gasteiger charge is 2.66. The van der Waals surface area contributed by atoms with Gasteiger partial charge in [-0.1, -0.05) is 37.3 Å². The summed E-state index contributed by atoms with van der Waals surface area (Å²) in [4.78, 5) is 32.6. The number of hydrogen-bond acceptors (Lipinski definition) is 7. The standard InChI is InChI=1S/C38H48FN3O6Si/c1-5-47-29-14-16-32-27(21-29)22-31(40-18-9-10-19-43)36(45)42(32)28-13-15-33-30(23-28)38(37(46)41(33)24-26-11-7-6-8-12-26)25(2)35(49(3,4)39)34(48-38)17-20-44/h6-8,11-16,21,23,25,31,34-35,40,43-44H,5,9-10,17-20,22,24H2,1-4H3/t25-,31?,34+,35-,38+/m0/s1. The zero-order valence-electron chi connectivity index (χ0n) is 28.8. The van der Waals surface area contributed by atoms with Gasteiger partial charge in [0, 0.05) is 35.9 Å². The topological polar surface area (TPSA) is 112 Å². The molecule has 6 rings (SSSR count). The number of aliphatic hydroxyl groups is 2. The number of anilines is 3. The van der Waals surface area contributed by atoms with Crippen LogP contribution in [0.3, 0.4) is 0 Å². The SMILES string of the molecule is CCOc1ccc2c(c1)CC(NCCCCO)C(=O)N2c1ccc2c(c1)[C@@]1(O[C@H](CCO)[C@@H]([Si](C)(C)F)[C@@H]1C)C(=O)N2Cc1ccccc1. The van der Waals surface area contributed by atoms with Crippen molar-refractivity contribution in [1.29, 1.82) is 0 Å². The Bertz CT molecular complexity index is 1670. The van der Waals surface area contributed by atoms with E-state index in [2.05, 4.69) is 5.32 Å². The fourth-order valence-electron chi connectivity index (χ4n) is 8.22. The number of halogens is 1. The molecular formula is C38H48FN3O6Si. The van der Waals surface area contributed by atoms with Crippen LogP contribution in [-0.2, 0) is 32.9 Å². The molecule has 262 valence electrons. The first-order chi connectivity index (χ1) is 23.5. The van der Waals surface area contributed by atoms with Crippen LogP contribution in [-0.4, -0.2) is 68.9 Å². The number of benzene rings is 3. The first-order valence-corrected chi connectivity index (χ1v) is 20.4. The van der Waals surface area contributed by atoms with Crippen LogP contribution >= 0.6 is 0 Å². The molecule has 3 heterocycles. The highest BCUT2D eigenvalue weighted by molar-refractivity contribution is 6.72. The Morgan fingerprint density at radius 1 is 1.02 bits per heavy atom. The second kappa shape index (κ2) is 14.3. The Hall–Kier alpha value is -3.61. The molecule has 0 saturated carbocycles. The quantitative estimate of drug-likeness (QED) is 0.119. The maximum atomic E-state index is 16.1. The van der Waals surface area contributed by atoms with Crippen LogP contribution < -0.4 is 19.9 Å². The third kappa shape index (κ3) is 6.43. The minimum atomic E-state index is -3.38. The number of unbranched alkanes of at least 4 members (excludes halogenated alkanes) is 1. The van der Waals surface area contributed by atoms with Gasteiger partial charge in [0.25, 0.3) is 5.91 Å². The largest absolute Gasteiger partial charge is 0.494 e. The van der Waals surface area contributed by atoms with Gasteiger partial charge in [0.15, 0.2) is 5.60 Å². The Morgan fingerprint density at radius 2 is 1.78 bits per heavy atom. The molecule has 3 N–H and O–H groups in total. The predicted molar refractivity (Wildman–Crippen MR) is 190 cm³/mol. The van der Waals surface area contributed by atoms with Gasteiger partial charge < -0.3 is 34.0 Å². The summed E-state index contributed by atoms with van der Waals surface area (Å²) in [6.07, 6.45) is 1.43. The second-order valence-electron chi connectivity index (χ2n) is 13.9. The minimum absolute atomic E-state index is 0.0897. The summed E-state index contributed by atoms with van der Waals surface area (Å²) in [5.41, 5.74) is 2.47.